The minimum atomic E-state index is -1.36. The van der Waals surface area contributed by atoms with E-state index in [1.165, 1.54) is 5.56 Å². The highest BCUT2D eigenvalue weighted by Gasteiger charge is 2.41. The number of rotatable bonds is 11. The van der Waals surface area contributed by atoms with E-state index in [1.807, 2.05) is 66.9 Å². The molecular weight excluding hydrogens is 488 g/mol. The van der Waals surface area contributed by atoms with Crippen LogP contribution in [0.5, 0.6) is 5.75 Å². The third kappa shape index (κ3) is 5.56. The zero-order valence-electron chi connectivity index (χ0n) is 22.3. The zero-order valence-corrected chi connectivity index (χ0v) is 22.3. The average Bonchev–Trinajstić information content (AvgIpc) is 3.55. The summed E-state index contributed by atoms with van der Waals surface area (Å²) >= 11 is 0. The Kier molecular flexibility index (Phi) is 7.47. The number of aryl methyl sites for hydroxylation is 2. The quantitative estimate of drug-likeness (QED) is 0.241. The van der Waals surface area contributed by atoms with Gasteiger partial charge in [0.15, 0.2) is 0 Å². The number of fused-ring (bicyclic) bond motifs is 1. The monoisotopic (exact) mass is 522 g/mol. The molecule has 39 heavy (non-hydrogen) atoms. The minimum absolute atomic E-state index is 0.472. The van der Waals surface area contributed by atoms with Gasteiger partial charge >= 0.3 is 0 Å². The minimum Gasteiger partial charge on any atom is -0.497 e. The van der Waals surface area contributed by atoms with E-state index < -0.39 is 17.4 Å². The molecule has 0 saturated carbocycles. The van der Waals surface area contributed by atoms with Crippen LogP contribution in [0.25, 0.3) is 10.9 Å². The maximum Gasteiger partial charge on any atom is 0.237 e. The Morgan fingerprint density at radius 3 is 2.41 bits per heavy atom. The van der Waals surface area contributed by atoms with Crippen molar-refractivity contribution in [1.82, 2.24) is 19.7 Å². The molecule has 5 rings (SSSR count). The second kappa shape index (κ2) is 11.1. The first-order chi connectivity index (χ1) is 18.9. The maximum absolute atomic E-state index is 12.7. The van der Waals surface area contributed by atoms with E-state index in [2.05, 4.69) is 37.9 Å². The van der Waals surface area contributed by atoms with Gasteiger partial charge < -0.3 is 25.8 Å². The fraction of sp³-hybridized carbons (Fsp3) is 0.258. The molecule has 2 atom stereocenters. The number of nitrogens with two attached hydrogens (primary N) is 2. The number of benzene rings is 3. The van der Waals surface area contributed by atoms with E-state index in [0.29, 0.717) is 25.2 Å². The van der Waals surface area contributed by atoms with E-state index in [-0.39, 0.29) is 0 Å². The molecule has 5 N–H and O–H groups in total. The number of carbonyl (C=O) groups excluding carboxylic acids is 1. The van der Waals surface area contributed by atoms with E-state index in [1.54, 1.807) is 14.0 Å². The molecule has 1 amide bonds. The fourth-order valence-electron chi connectivity index (χ4n) is 5.04. The second-order valence-electron chi connectivity index (χ2n) is 10.2. The SMILES string of the molecule is COc1ccc(Cn2c(CCc3ccccc3)nnc2[C@H](Cc2c[nH]c3ccccc23)[C@](C)(N)C(N)=O)cc1. The number of H-pyrrole nitrogens is 1. The molecule has 8 nitrogen and oxygen atoms in total. The highest BCUT2D eigenvalue weighted by molar-refractivity contribution is 5.86. The van der Waals surface area contributed by atoms with Crippen molar-refractivity contribution >= 4 is 16.8 Å². The van der Waals surface area contributed by atoms with Crippen LogP contribution in [-0.4, -0.2) is 38.3 Å². The lowest BCUT2D eigenvalue weighted by atomic mass is 9.80. The summed E-state index contributed by atoms with van der Waals surface area (Å²) < 4.78 is 7.44. The van der Waals surface area contributed by atoms with Crippen LogP contribution in [0.1, 0.15) is 41.2 Å². The first-order valence-electron chi connectivity index (χ1n) is 13.1. The van der Waals surface area contributed by atoms with Crippen molar-refractivity contribution in [3.63, 3.8) is 0 Å². The molecule has 0 aliphatic rings. The molecule has 0 fully saturated rings. The number of hydrogen-bond donors (Lipinski definition) is 3. The van der Waals surface area contributed by atoms with Crippen molar-refractivity contribution in [3.05, 3.63) is 113 Å². The Balaban J connectivity index is 1.57. The Morgan fingerprint density at radius 2 is 1.69 bits per heavy atom. The largest absolute Gasteiger partial charge is 0.497 e. The number of methoxy groups -OCH3 is 1. The van der Waals surface area contributed by atoms with Gasteiger partial charge in [0.25, 0.3) is 0 Å². The van der Waals surface area contributed by atoms with Crippen LogP contribution < -0.4 is 16.2 Å². The topological polar surface area (TPSA) is 125 Å². The van der Waals surface area contributed by atoms with Gasteiger partial charge in [0.1, 0.15) is 22.9 Å². The molecule has 8 heteroatoms. The molecule has 0 unspecified atom stereocenters. The predicted molar refractivity (Wildman–Crippen MR) is 152 cm³/mol. The molecule has 0 bridgehead atoms. The Bertz CT molecular complexity index is 1550. The van der Waals surface area contributed by atoms with E-state index in [0.717, 1.165) is 40.0 Å². The molecule has 0 aliphatic carbocycles. The van der Waals surface area contributed by atoms with Crippen LogP contribution in [0.3, 0.4) is 0 Å². The van der Waals surface area contributed by atoms with Gasteiger partial charge in [-0.25, -0.2) is 0 Å². The summed E-state index contributed by atoms with van der Waals surface area (Å²) in [7, 11) is 1.65. The highest BCUT2D eigenvalue weighted by Crippen LogP contribution is 2.33. The maximum atomic E-state index is 12.7. The average molecular weight is 523 g/mol. The lowest BCUT2D eigenvalue weighted by Crippen LogP contribution is -2.55. The molecule has 0 spiro atoms. The van der Waals surface area contributed by atoms with Crippen LogP contribution in [0.2, 0.25) is 0 Å². The Morgan fingerprint density at radius 1 is 0.974 bits per heavy atom. The van der Waals surface area contributed by atoms with Crippen LogP contribution in [0.15, 0.2) is 85.1 Å². The fourth-order valence-corrected chi connectivity index (χ4v) is 5.04. The van der Waals surface area contributed by atoms with Crippen molar-refractivity contribution < 1.29 is 9.53 Å². The molecule has 0 saturated heterocycles. The Hall–Kier alpha value is -4.43. The summed E-state index contributed by atoms with van der Waals surface area (Å²) in [5.41, 5.74) is 15.5. The number of para-hydroxylation sites is 1. The van der Waals surface area contributed by atoms with E-state index >= 15 is 0 Å². The number of nitrogens with zero attached hydrogens (tertiary/aromatic N) is 3. The summed E-state index contributed by atoms with van der Waals surface area (Å²) in [5, 5.41) is 10.4. The van der Waals surface area contributed by atoms with Crippen molar-refractivity contribution in [3.8, 4) is 5.75 Å². The molecule has 2 heterocycles. The summed E-state index contributed by atoms with van der Waals surface area (Å²) in [6.45, 7) is 2.21. The van der Waals surface area contributed by atoms with Gasteiger partial charge in [0.2, 0.25) is 5.91 Å². The number of nitrogens with one attached hydrogen (secondary N) is 1. The van der Waals surface area contributed by atoms with Crippen LogP contribution in [0.4, 0.5) is 0 Å². The predicted octanol–water partition coefficient (Wildman–Crippen LogP) is 4.13. The first-order valence-corrected chi connectivity index (χ1v) is 13.1. The number of amides is 1. The number of ether oxygens (including phenoxy) is 1. The standard InChI is InChI=1S/C31H34N6O2/c1-31(33,30(32)38)26(18-23-19-34-27-11-7-6-10-25(23)27)29-36-35-28(17-14-21-8-4-3-5-9-21)37(29)20-22-12-15-24(39-2)16-13-22/h3-13,15-16,19,26,34H,14,17-18,20,33H2,1-2H3,(H2,32,38)/t26-,31-/m0/s1. The van der Waals surface area contributed by atoms with E-state index in [4.69, 9.17) is 16.2 Å². The van der Waals surface area contributed by atoms with Crippen molar-refractivity contribution in [2.24, 2.45) is 11.5 Å². The van der Waals surface area contributed by atoms with E-state index in [9.17, 15) is 4.79 Å². The summed E-state index contributed by atoms with van der Waals surface area (Å²) in [6.07, 6.45) is 3.93. The molecule has 200 valence electrons. The Labute approximate surface area is 228 Å². The number of primary amides is 1. The lowest BCUT2D eigenvalue weighted by Gasteiger charge is -2.31. The summed E-state index contributed by atoms with van der Waals surface area (Å²) in [5.74, 6) is 1.16. The van der Waals surface area contributed by atoms with Crippen molar-refractivity contribution in [1.29, 1.82) is 0 Å². The van der Waals surface area contributed by atoms with Crippen LogP contribution >= 0.6 is 0 Å². The third-order valence-corrected chi connectivity index (χ3v) is 7.50. The number of aromatic nitrogens is 4. The highest BCUT2D eigenvalue weighted by atomic mass is 16.5. The first kappa shape index (κ1) is 26.2. The molecule has 2 aromatic heterocycles. The van der Waals surface area contributed by atoms with Crippen molar-refractivity contribution in [2.45, 2.75) is 44.2 Å². The van der Waals surface area contributed by atoms with Crippen molar-refractivity contribution in [2.75, 3.05) is 7.11 Å². The number of hydrogen-bond acceptors (Lipinski definition) is 5. The normalized spacial score (nSPS) is 13.7. The van der Waals surface area contributed by atoms with Gasteiger partial charge in [-0.1, -0.05) is 60.7 Å². The van der Waals surface area contributed by atoms with Gasteiger partial charge in [-0.2, -0.15) is 0 Å². The number of aromatic amines is 1. The van der Waals surface area contributed by atoms with Gasteiger partial charge in [-0.15, -0.1) is 10.2 Å². The molecular formula is C31H34N6O2. The van der Waals surface area contributed by atoms with Gasteiger partial charge in [-0.05, 0) is 54.7 Å². The summed E-state index contributed by atoms with van der Waals surface area (Å²) in [6, 6.07) is 26.3. The summed E-state index contributed by atoms with van der Waals surface area (Å²) in [4.78, 5) is 16.0. The molecule has 0 radical (unpaired) electrons. The molecule has 3 aromatic carbocycles. The van der Waals surface area contributed by atoms with Gasteiger partial charge in [0.05, 0.1) is 19.6 Å². The molecule has 5 aromatic rings. The second-order valence-corrected chi connectivity index (χ2v) is 10.2. The van der Waals surface area contributed by atoms with Crippen LogP contribution in [-0.2, 0) is 30.6 Å². The zero-order chi connectivity index (χ0) is 27.4. The molecule has 0 aliphatic heterocycles. The lowest BCUT2D eigenvalue weighted by molar-refractivity contribution is -0.123. The van der Waals surface area contributed by atoms with Crippen LogP contribution in [0, 0.1) is 0 Å². The van der Waals surface area contributed by atoms with Gasteiger partial charge in [0, 0.05) is 23.5 Å². The number of carbonyl (C=O) groups is 1. The smallest absolute Gasteiger partial charge is 0.237 e. The third-order valence-electron chi connectivity index (χ3n) is 7.50. The van der Waals surface area contributed by atoms with Gasteiger partial charge in [-0.3, -0.25) is 4.79 Å².